The highest BCUT2D eigenvalue weighted by Crippen LogP contribution is 2.31. The second-order valence-corrected chi connectivity index (χ2v) is 4.66. The lowest BCUT2D eigenvalue weighted by Crippen LogP contribution is -2.25. The van der Waals surface area contributed by atoms with E-state index in [0.29, 0.717) is 17.1 Å². The van der Waals surface area contributed by atoms with Crippen molar-refractivity contribution in [3.63, 3.8) is 0 Å². The number of rotatable bonds is 4. The van der Waals surface area contributed by atoms with Crippen molar-refractivity contribution in [3.8, 4) is 11.5 Å². The minimum Gasteiger partial charge on any atom is -0.454 e. The molecule has 3 rings (SSSR count). The molecule has 1 amide bonds. The van der Waals surface area contributed by atoms with Gasteiger partial charge in [0.1, 0.15) is 0 Å². The Morgan fingerprint density at radius 3 is 2.77 bits per heavy atom. The molecular formula is C16H14N2O4. The highest BCUT2D eigenvalue weighted by Gasteiger charge is 2.16. The second-order valence-electron chi connectivity index (χ2n) is 4.66. The van der Waals surface area contributed by atoms with Gasteiger partial charge in [-0.15, -0.1) is 0 Å². The molecule has 2 aromatic rings. The van der Waals surface area contributed by atoms with E-state index in [1.807, 2.05) is 6.07 Å². The Hall–Kier alpha value is -2.86. The lowest BCUT2D eigenvalue weighted by atomic mass is 10.1. The molecule has 112 valence electrons. The van der Waals surface area contributed by atoms with E-state index >= 15 is 0 Å². The molecule has 0 spiro atoms. The van der Waals surface area contributed by atoms with E-state index in [-0.39, 0.29) is 6.79 Å². The van der Waals surface area contributed by atoms with Crippen LogP contribution in [0.15, 0.2) is 53.6 Å². The average Bonchev–Trinajstić information content (AvgIpc) is 3.02. The molecular weight excluding hydrogens is 284 g/mol. The first kappa shape index (κ1) is 14.1. The van der Waals surface area contributed by atoms with Crippen LogP contribution in [0.25, 0.3) is 0 Å². The molecule has 0 radical (unpaired) electrons. The molecule has 1 aliphatic heterocycles. The Balaban J connectivity index is 1.61. The normalized spacial score (nSPS) is 14.0. The summed E-state index contributed by atoms with van der Waals surface area (Å²) in [5.74, 6) is 0.725. The van der Waals surface area contributed by atoms with Gasteiger partial charge in [-0.2, -0.15) is 5.10 Å². The van der Waals surface area contributed by atoms with E-state index < -0.39 is 12.0 Å². The zero-order chi connectivity index (χ0) is 15.4. The number of hydrazone groups is 1. The first-order valence-electron chi connectivity index (χ1n) is 6.69. The summed E-state index contributed by atoms with van der Waals surface area (Å²) in [7, 11) is 0. The molecule has 6 nitrogen and oxygen atoms in total. The monoisotopic (exact) mass is 298 g/mol. The van der Waals surface area contributed by atoms with Crippen LogP contribution in [0.5, 0.6) is 11.5 Å². The van der Waals surface area contributed by atoms with Gasteiger partial charge < -0.3 is 14.6 Å². The van der Waals surface area contributed by atoms with Gasteiger partial charge in [-0.05, 0) is 29.3 Å². The largest absolute Gasteiger partial charge is 0.454 e. The van der Waals surface area contributed by atoms with Gasteiger partial charge in [-0.3, -0.25) is 4.79 Å². The molecule has 0 fully saturated rings. The van der Waals surface area contributed by atoms with Crippen LogP contribution in [-0.4, -0.2) is 24.0 Å². The lowest BCUT2D eigenvalue weighted by molar-refractivity contribution is -0.129. The number of carbonyl (C=O) groups is 1. The van der Waals surface area contributed by atoms with Crippen LogP contribution in [0, 0.1) is 0 Å². The summed E-state index contributed by atoms with van der Waals surface area (Å²) in [6, 6.07) is 14.0. The summed E-state index contributed by atoms with van der Waals surface area (Å²) in [5.41, 5.74) is 3.57. The number of ether oxygens (including phenoxy) is 2. The maximum Gasteiger partial charge on any atom is 0.273 e. The van der Waals surface area contributed by atoms with Crippen molar-refractivity contribution < 1.29 is 19.4 Å². The van der Waals surface area contributed by atoms with Crippen molar-refractivity contribution in [1.82, 2.24) is 5.43 Å². The zero-order valence-electron chi connectivity index (χ0n) is 11.6. The van der Waals surface area contributed by atoms with Crippen molar-refractivity contribution in [3.05, 3.63) is 59.7 Å². The zero-order valence-corrected chi connectivity index (χ0v) is 11.6. The minimum absolute atomic E-state index is 0.204. The number of benzene rings is 2. The van der Waals surface area contributed by atoms with E-state index in [2.05, 4.69) is 10.5 Å². The summed E-state index contributed by atoms with van der Waals surface area (Å²) in [6.45, 7) is 0.204. The summed E-state index contributed by atoms with van der Waals surface area (Å²) >= 11 is 0. The molecule has 0 saturated heterocycles. The molecule has 2 aromatic carbocycles. The van der Waals surface area contributed by atoms with Gasteiger partial charge in [0.2, 0.25) is 6.79 Å². The van der Waals surface area contributed by atoms with Crippen LogP contribution in [0.1, 0.15) is 17.2 Å². The van der Waals surface area contributed by atoms with Crippen LogP contribution >= 0.6 is 0 Å². The van der Waals surface area contributed by atoms with E-state index in [4.69, 9.17) is 9.47 Å². The van der Waals surface area contributed by atoms with Crippen LogP contribution in [0.3, 0.4) is 0 Å². The quantitative estimate of drug-likeness (QED) is 0.663. The number of amides is 1. The molecule has 6 heteroatoms. The van der Waals surface area contributed by atoms with Crippen molar-refractivity contribution in [2.24, 2.45) is 5.10 Å². The third-order valence-corrected chi connectivity index (χ3v) is 3.15. The van der Waals surface area contributed by atoms with Crippen molar-refractivity contribution in [1.29, 1.82) is 0 Å². The fourth-order valence-electron chi connectivity index (χ4n) is 2.01. The standard InChI is InChI=1S/C16H14N2O4/c19-15(12-4-2-1-3-5-12)16(20)18-17-9-11-6-7-13-14(8-11)22-10-21-13/h1-9,15,19H,10H2,(H,18,20)/b17-9-/t15-/m0/s1. The Bertz CT molecular complexity index is 701. The molecule has 0 aromatic heterocycles. The van der Waals surface area contributed by atoms with E-state index in [1.165, 1.54) is 6.21 Å². The predicted octanol–water partition coefficient (Wildman–Crippen LogP) is 1.60. The van der Waals surface area contributed by atoms with Crippen LogP contribution < -0.4 is 14.9 Å². The van der Waals surface area contributed by atoms with Crippen molar-refractivity contribution in [2.45, 2.75) is 6.10 Å². The van der Waals surface area contributed by atoms with Gasteiger partial charge in [0.15, 0.2) is 17.6 Å². The highest BCUT2D eigenvalue weighted by atomic mass is 16.7. The fraction of sp³-hybridized carbons (Fsp3) is 0.125. The van der Waals surface area contributed by atoms with Gasteiger partial charge >= 0.3 is 0 Å². The molecule has 0 bridgehead atoms. The van der Waals surface area contributed by atoms with Crippen LogP contribution in [-0.2, 0) is 4.79 Å². The maximum absolute atomic E-state index is 11.8. The number of hydrogen-bond donors (Lipinski definition) is 2. The highest BCUT2D eigenvalue weighted by molar-refractivity contribution is 5.85. The first-order valence-corrected chi connectivity index (χ1v) is 6.69. The predicted molar refractivity (Wildman–Crippen MR) is 79.7 cm³/mol. The molecule has 1 heterocycles. The minimum atomic E-state index is -1.25. The Morgan fingerprint density at radius 2 is 1.95 bits per heavy atom. The number of carbonyl (C=O) groups excluding carboxylic acids is 1. The summed E-state index contributed by atoms with van der Waals surface area (Å²) in [4.78, 5) is 11.8. The maximum atomic E-state index is 11.8. The smallest absolute Gasteiger partial charge is 0.273 e. The summed E-state index contributed by atoms with van der Waals surface area (Å²) < 4.78 is 10.5. The molecule has 0 unspecified atom stereocenters. The topological polar surface area (TPSA) is 80.2 Å². The van der Waals surface area contributed by atoms with Crippen LogP contribution in [0.2, 0.25) is 0 Å². The molecule has 0 saturated carbocycles. The van der Waals surface area contributed by atoms with Gasteiger partial charge in [-0.25, -0.2) is 5.43 Å². The van der Waals surface area contributed by atoms with Gasteiger partial charge in [0.05, 0.1) is 6.21 Å². The second kappa shape index (κ2) is 6.28. The molecule has 1 atom stereocenters. The van der Waals surface area contributed by atoms with E-state index in [1.54, 1.807) is 42.5 Å². The van der Waals surface area contributed by atoms with Gasteiger partial charge in [0, 0.05) is 0 Å². The van der Waals surface area contributed by atoms with Gasteiger partial charge in [-0.1, -0.05) is 30.3 Å². The lowest BCUT2D eigenvalue weighted by Gasteiger charge is -2.08. The Kier molecular flexibility index (Phi) is 4.02. The average molecular weight is 298 g/mol. The van der Waals surface area contributed by atoms with Crippen molar-refractivity contribution >= 4 is 12.1 Å². The Labute approximate surface area is 127 Å². The third-order valence-electron chi connectivity index (χ3n) is 3.15. The number of fused-ring (bicyclic) bond motifs is 1. The van der Waals surface area contributed by atoms with Crippen LogP contribution in [0.4, 0.5) is 0 Å². The SMILES string of the molecule is O=C(N/N=C\c1ccc2c(c1)OCO2)[C@@H](O)c1ccccc1. The number of aliphatic hydroxyl groups excluding tert-OH is 1. The first-order chi connectivity index (χ1) is 10.7. The molecule has 2 N–H and O–H groups in total. The number of nitrogens with one attached hydrogen (secondary N) is 1. The van der Waals surface area contributed by atoms with E-state index in [0.717, 1.165) is 5.56 Å². The van der Waals surface area contributed by atoms with Gasteiger partial charge in [0.25, 0.3) is 5.91 Å². The Morgan fingerprint density at radius 1 is 1.18 bits per heavy atom. The molecule has 1 aliphatic rings. The number of hydrogen-bond acceptors (Lipinski definition) is 5. The van der Waals surface area contributed by atoms with E-state index in [9.17, 15) is 9.90 Å². The third kappa shape index (κ3) is 3.07. The summed E-state index contributed by atoms with van der Waals surface area (Å²) in [6.07, 6.45) is 0.215. The number of nitrogens with zero attached hydrogens (tertiary/aromatic N) is 1. The van der Waals surface area contributed by atoms with Crippen molar-refractivity contribution in [2.75, 3.05) is 6.79 Å². The summed E-state index contributed by atoms with van der Waals surface area (Å²) in [5, 5.41) is 13.7. The fourth-order valence-corrected chi connectivity index (χ4v) is 2.01. The molecule has 0 aliphatic carbocycles. The molecule has 22 heavy (non-hydrogen) atoms. The number of aliphatic hydroxyl groups is 1.